The maximum atomic E-state index is 8.69. The second-order valence-corrected chi connectivity index (χ2v) is 1.79. The molecule has 1 atom stereocenters. The molecule has 0 saturated heterocycles. The smallest absolute Gasteiger partial charge is 0.0909 e. The van der Waals surface area contributed by atoms with Crippen molar-refractivity contribution in [1.29, 1.82) is 0 Å². The van der Waals surface area contributed by atoms with E-state index >= 15 is 0 Å². The van der Waals surface area contributed by atoms with Crippen LogP contribution in [0.4, 0.5) is 0 Å². The zero-order chi connectivity index (χ0) is 5.28. The first-order valence-electron chi connectivity index (χ1n) is 2.35. The number of hydrogen-bond acceptors (Lipinski definition) is 2. The van der Waals surface area contributed by atoms with Crippen LogP contribution in [-0.2, 0) is 0 Å². The van der Waals surface area contributed by atoms with E-state index in [1.54, 1.807) is 6.08 Å². The summed E-state index contributed by atoms with van der Waals surface area (Å²) in [5.74, 6) is 0.326. The van der Waals surface area contributed by atoms with E-state index < -0.39 is 0 Å². The standard InChI is InChI=1S/C5H8O2/c6-4-1-2-5(7)3-4/h1,5-7H,2-3H2/t5-/m0/s1. The van der Waals surface area contributed by atoms with Crippen LogP contribution in [0.3, 0.4) is 0 Å². The fourth-order valence-electron chi connectivity index (χ4n) is 0.680. The van der Waals surface area contributed by atoms with Crippen molar-refractivity contribution in [2.45, 2.75) is 18.9 Å². The summed E-state index contributed by atoms with van der Waals surface area (Å²) in [5.41, 5.74) is 0. The van der Waals surface area contributed by atoms with Crippen LogP contribution in [0.5, 0.6) is 0 Å². The maximum Gasteiger partial charge on any atom is 0.0909 e. The summed E-state index contributed by atoms with van der Waals surface area (Å²) < 4.78 is 0. The zero-order valence-electron chi connectivity index (χ0n) is 3.96. The van der Waals surface area contributed by atoms with Gasteiger partial charge in [-0.2, -0.15) is 0 Å². The average molecular weight is 100 g/mol. The molecule has 1 aliphatic rings. The van der Waals surface area contributed by atoms with Crippen molar-refractivity contribution in [3.63, 3.8) is 0 Å². The van der Waals surface area contributed by atoms with E-state index in [0.29, 0.717) is 18.6 Å². The van der Waals surface area contributed by atoms with Gasteiger partial charge in [0.2, 0.25) is 0 Å². The molecule has 0 radical (unpaired) electrons. The molecule has 0 heterocycles. The molecule has 0 amide bonds. The third-order valence-corrected chi connectivity index (χ3v) is 1.07. The van der Waals surface area contributed by atoms with Crippen molar-refractivity contribution in [2.24, 2.45) is 0 Å². The molecule has 0 saturated carbocycles. The Kier molecular flexibility index (Phi) is 1.02. The molecule has 40 valence electrons. The molecule has 0 unspecified atom stereocenters. The van der Waals surface area contributed by atoms with Gasteiger partial charge in [-0.15, -0.1) is 0 Å². The van der Waals surface area contributed by atoms with Crippen LogP contribution < -0.4 is 0 Å². The third kappa shape index (κ3) is 0.933. The molecule has 0 aromatic carbocycles. The van der Waals surface area contributed by atoms with Crippen molar-refractivity contribution in [2.75, 3.05) is 0 Å². The molecule has 1 rings (SSSR count). The van der Waals surface area contributed by atoms with Crippen molar-refractivity contribution in [1.82, 2.24) is 0 Å². The highest BCUT2D eigenvalue weighted by Gasteiger charge is 2.11. The Morgan fingerprint density at radius 1 is 1.71 bits per heavy atom. The molecule has 0 aromatic rings. The lowest BCUT2D eigenvalue weighted by Gasteiger charge is -1.93. The molecule has 2 nitrogen and oxygen atoms in total. The molecule has 0 aromatic heterocycles. The Morgan fingerprint density at radius 2 is 2.43 bits per heavy atom. The molecule has 0 spiro atoms. The zero-order valence-corrected chi connectivity index (χ0v) is 3.96. The molecular formula is C5H8O2. The van der Waals surface area contributed by atoms with Gasteiger partial charge in [0, 0.05) is 6.42 Å². The largest absolute Gasteiger partial charge is 0.513 e. The minimum absolute atomic E-state index is 0.319. The van der Waals surface area contributed by atoms with Gasteiger partial charge < -0.3 is 10.2 Å². The molecule has 1 aliphatic carbocycles. The van der Waals surface area contributed by atoms with Crippen molar-refractivity contribution < 1.29 is 10.2 Å². The lowest BCUT2D eigenvalue weighted by atomic mass is 10.3. The number of rotatable bonds is 0. The predicted molar refractivity (Wildman–Crippen MR) is 26.0 cm³/mol. The van der Waals surface area contributed by atoms with Gasteiger partial charge in [0.25, 0.3) is 0 Å². The minimum Gasteiger partial charge on any atom is -0.513 e. The fraction of sp³-hybridized carbons (Fsp3) is 0.600. The van der Waals surface area contributed by atoms with E-state index in [-0.39, 0.29) is 6.10 Å². The van der Waals surface area contributed by atoms with E-state index in [2.05, 4.69) is 0 Å². The van der Waals surface area contributed by atoms with Crippen LogP contribution in [0, 0.1) is 0 Å². The molecule has 7 heavy (non-hydrogen) atoms. The van der Waals surface area contributed by atoms with Crippen LogP contribution in [0.2, 0.25) is 0 Å². The normalized spacial score (nSPS) is 30.4. The van der Waals surface area contributed by atoms with Crippen LogP contribution in [-0.4, -0.2) is 16.3 Å². The number of aliphatic hydroxyl groups is 2. The topological polar surface area (TPSA) is 40.5 Å². The van der Waals surface area contributed by atoms with E-state index in [1.807, 2.05) is 0 Å². The minimum atomic E-state index is -0.319. The first-order chi connectivity index (χ1) is 3.29. The predicted octanol–water partition coefficient (Wildman–Crippen LogP) is 0.583. The van der Waals surface area contributed by atoms with Crippen LogP contribution >= 0.6 is 0 Å². The van der Waals surface area contributed by atoms with Crippen LogP contribution in [0.1, 0.15) is 12.8 Å². The monoisotopic (exact) mass is 100 g/mol. The van der Waals surface area contributed by atoms with Gasteiger partial charge in [-0.1, -0.05) is 0 Å². The average Bonchev–Trinajstić information content (AvgIpc) is 1.87. The molecule has 0 aliphatic heterocycles. The lowest BCUT2D eigenvalue weighted by molar-refractivity contribution is 0.177. The van der Waals surface area contributed by atoms with Gasteiger partial charge in [0.05, 0.1) is 11.9 Å². The maximum absolute atomic E-state index is 8.69. The highest BCUT2D eigenvalue weighted by atomic mass is 16.3. The summed E-state index contributed by atoms with van der Waals surface area (Å²) >= 11 is 0. The number of aliphatic hydroxyl groups excluding tert-OH is 2. The van der Waals surface area contributed by atoms with Crippen LogP contribution in [0.15, 0.2) is 11.8 Å². The summed E-state index contributed by atoms with van der Waals surface area (Å²) in [4.78, 5) is 0. The third-order valence-electron chi connectivity index (χ3n) is 1.07. The molecule has 0 bridgehead atoms. The summed E-state index contributed by atoms with van der Waals surface area (Å²) in [6.45, 7) is 0. The Morgan fingerprint density at radius 3 is 2.57 bits per heavy atom. The Labute approximate surface area is 42.1 Å². The highest BCUT2D eigenvalue weighted by molar-refractivity contribution is 5.01. The molecule has 2 N–H and O–H groups in total. The van der Waals surface area contributed by atoms with Gasteiger partial charge in [0.1, 0.15) is 0 Å². The second kappa shape index (κ2) is 1.54. The van der Waals surface area contributed by atoms with Crippen molar-refractivity contribution in [3.05, 3.63) is 11.8 Å². The fourth-order valence-corrected chi connectivity index (χ4v) is 0.680. The quantitative estimate of drug-likeness (QED) is 0.467. The van der Waals surface area contributed by atoms with E-state index in [1.165, 1.54) is 0 Å². The number of hydrogen-bond donors (Lipinski definition) is 2. The van der Waals surface area contributed by atoms with E-state index in [9.17, 15) is 0 Å². The first-order valence-corrected chi connectivity index (χ1v) is 2.35. The molecular weight excluding hydrogens is 92.1 g/mol. The van der Waals surface area contributed by atoms with E-state index in [0.717, 1.165) is 0 Å². The SMILES string of the molecule is OC1=CC[C@H](O)C1. The first kappa shape index (κ1) is 4.65. The van der Waals surface area contributed by atoms with E-state index in [4.69, 9.17) is 10.2 Å². The Bertz CT molecular complexity index is 96.3. The Hall–Kier alpha value is -0.500. The van der Waals surface area contributed by atoms with Gasteiger partial charge in [-0.3, -0.25) is 0 Å². The summed E-state index contributed by atoms with van der Waals surface area (Å²) in [5, 5.41) is 17.3. The van der Waals surface area contributed by atoms with Gasteiger partial charge in [0.15, 0.2) is 0 Å². The highest BCUT2D eigenvalue weighted by Crippen LogP contribution is 2.14. The molecule has 2 heteroatoms. The lowest BCUT2D eigenvalue weighted by Crippen LogP contribution is -1.97. The van der Waals surface area contributed by atoms with Gasteiger partial charge >= 0.3 is 0 Å². The van der Waals surface area contributed by atoms with Crippen LogP contribution in [0.25, 0.3) is 0 Å². The summed E-state index contributed by atoms with van der Waals surface area (Å²) in [7, 11) is 0. The second-order valence-electron chi connectivity index (χ2n) is 1.79. The van der Waals surface area contributed by atoms with Crippen molar-refractivity contribution >= 4 is 0 Å². The summed E-state index contributed by atoms with van der Waals surface area (Å²) in [6.07, 6.45) is 2.39. The van der Waals surface area contributed by atoms with Crippen molar-refractivity contribution in [3.8, 4) is 0 Å². The Balaban J connectivity index is 2.42. The molecule has 0 fully saturated rings. The van der Waals surface area contributed by atoms with Gasteiger partial charge in [-0.25, -0.2) is 0 Å². The van der Waals surface area contributed by atoms with Gasteiger partial charge in [-0.05, 0) is 12.5 Å². The summed E-state index contributed by atoms with van der Waals surface area (Å²) in [6, 6.07) is 0.